The molecule has 1 aliphatic heterocycles. The van der Waals surface area contributed by atoms with Crippen LogP contribution in [0.3, 0.4) is 0 Å². The Hall–Kier alpha value is -1.82. The van der Waals surface area contributed by atoms with Gasteiger partial charge in [0.05, 0.1) is 18.1 Å². The maximum atomic E-state index is 10.9. The van der Waals surface area contributed by atoms with Crippen LogP contribution >= 0.6 is 0 Å². The molecular formula is C14H21N3O3. The lowest BCUT2D eigenvalue weighted by atomic mass is 9.83. The highest BCUT2D eigenvalue weighted by atomic mass is 16.6. The zero-order valence-corrected chi connectivity index (χ0v) is 11.9. The highest BCUT2D eigenvalue weighted by Gasteiger charge is 2.26. The van der Waals surface area contributed by atoms with E-state index in [1.807, 2.05) is 0 Å². The Morgan fingerprint density at radius 2 is 2.30 bits per heavy atom. The smallest absolute Gasteiger partial charge is 0.275 e. The Morgan fingerprint density at radius 1 is 1.50 bits per heavy atom. The first-order valence-electron chi connectivity index (χ1n) is 6.80. The molecule has 110 valence electrons. The summed E-state index contributed by atoms with van der Waals surface area (Å²) in [6.45, 7) is 5.04. The number of hydrogen-bond acceptors (Lipinski definition) is 5. The number of anilines is 1. The van der Waals surface area contributed by atoms with Gasteiger partial charge >= 0.3 is 0 Å². The molecule has 6 nitrogen and oxygen atoms in total. The molecule has 1 atom stereocenters. The number of nitrogens with one attached hydrogen (secondary N) is 2. The molecule has 0 bridgehead atoms. The molecule has 0 saturated carbocycles. The fourth-order valence-corrected chi connectivity index (χ4v) is 2.49. The summed E-state index contributed by atoms with van der Waals surface area (Å²) in [5.41, 5.74) is 0.942. The minimum absolute atomic E-state index is 0.0405. The summed E-state index contributed by atoms with van der Waals surface area (Å²) >= 11 is 0. The molecular weight excluding hydrogens is 258 g/mol. The molecule has 1 aromatic carbocycles. The van der Waals surface area contributed by atoms with Crippen LogP contribution in [0.25, 0.3) is 0 Å². The van der Waals surface area contributed by atoms with Crippen molar-refractivity contribution in [2.45, 2.75) is 19.8 Å². The molecule has 20 heavy (non-hydrogen) atoms. The zero-order valence-electron chi connectivity index (χ0n) is 11.9. The SMILES string of the molecule is COc1cc(NCC2(C)CCCNC2)cc([N+](=O)[O-])c1. The minimum atomic E-state index is -0.405. The van der Waals surface area contributed by atoms with Gasteiger partial charge in [-0.15, -0.1) is 0 Å². The summed E-state index contributed by atoms with van der Waals surface area (Å²) in [7, 11) is 1.51. The third-order valence-corrected chi connectivity index (χ3v) is 3.74. The summed E-state index contributed by atoms with van der Waals surface area (Å²) in [5.74, 6) is 0.494. The highest BCUT2D eigenvalue weighted by molar-refractivity contribution is 5.56. The van der Waals surface area contributed by atoms with Crippen molar-refractivity contribution in [2.24, 2.45) is 5.41 Å². The Kier molecular flexibility index (Phi) is 4.44. The van der Waals surface area contributed by atoms with Gasteiger partial charge in [-0.25, -0.2) is 0 Å². The average Bonchev–Trinajstić information content (AvgIpc) is 2.45. The van der Waals surface area contributed by atoms with Gasteiger partial charge in [0.1, 0.15) is 5.75 Å². The van der Waals surface area contributed by atoms with Gasteiger partial charge in [0, 0.05) is 30.9 Å². The average molecular weight is 279 g/mol. The largest absolute Gasteiger partial charge is 0.496 e. The normalized spacial score (nSPS) is 22.3. The standard InChI is InChI=1S/C14H21N3O3/c1-14(4-3-5-15-9-14)10-16-11-6-12(17(18)19)8-13(7-11)20-2/h6-8,15-16H,3-5,9-10H2,1-2H3. The van der Waals surface area contributed by atoms with Crippen molar-refractivity contribution >= 4 is 11.4 Å². The van der Waals surface area contributed by atoms with Crippen molar-refractivity contribution < 1.29 is 9.66 Å². The summed E-state index contributed by atoms with van der Waals surface area (Å²) in [6, 6.07) is 4.75. The monoisotopic (exact) mass is 279 g/mol. The van der Waals surface area contributed by atoms with Crippen LogP contribution in [0.5, 0.6) is 5.75 Å². The van der Waals surface area contributed by atoms with Crippen molar-refractivity contribution in [3.05, 3.63) is 28.3 Å². The van der Waals surface area contributed by atoms with Crippen LogP contribution in [0.15, 0.2) is 18.2 Å². The first-order chi connectivity index (χ1) is 9.52. The number of non-ortho nitro benzene ring substituents is 1. The number of nitro benzene ring substituents is 1. The highest BCUT2D eigenvalue weighted by Crippen LogP contribution is 2.29. The van der Waals surface area contributed by atoms with Crippen LogP contribution in [0.2, 0.25) is 0 Å². The molecule has 1 fully saturated rings. The molecule has 1 aromatic rings. The van der Waals surface area contributed by atoms with Crippen molar-refractivity contribution in [1.82, 2.24) is 5.32 Å². The Balaban J connectivity index is 2.08. The van der Waals surface area contributed by atoms with Gasteiger partial charge in [0.15, 0.2) is 0 Å². The van der Waals surface area contributed by atoms with E-state index in [1.54, 1.807) is 12.1 Å². The maximum absolute atomic E-state index is 10.9. The van der Waals surface area contributed by atoms with E-state index in [2.05, 4.69) is 17.6 Å². The fourth-order valence-electron chi connectivity index (χ4n) is 2.49. The van der Waals surface area contributed by atoms with E-state index < -0.39 is 4.92 Å². The summed E-state index contributed by atoms with van der Waals surface area (Å²) < 4.78 is 5.11. The third-order valence-electron chi connectivity index (χ3n) is 3.74. The number of nitro groups is 1. The molecule has 0 aromatic heterocycles. The van der Waals surface area contributed by atoms with Crippen LogP contribution in [0.1, 0.15) is 19.8 Å². The number of benzene rings is 1. The first kappa shape index (κ1) is 14.6. The van der Waals surface area contributed by atoms with E-state index in [0.29, 0.717) is 5.75 Å². The fraction of sp³-hybridized carbons (Fsp3) is 0.571. The van der Waals surface area contributed by atoms with E-state index in [-0.39, 0.29) is 11.1 Å². The molecule has 1 aliphatic rings. The lowest BCUT2D eigenvalue weighted by Gasteiger charge is -2.34. The topological polar surface area (TPSA) is 76.4 Å². The number of rotatable bonds is 5. The minimum Gasteiger partial charge on any atom is -0.496 e. The maximum Gasteiger partial charge on any atom is 0.275 e. The number of methoxy groups -OCH3 is 1. The number of piperidine rings is 1. The van der Waals surface area contributed by atoms with E-state index in [9.17, 15) is 10.1 Å². The van der Waals surface area contributed by atoms with Gasteiger partial charge in [-0.2, -0.15) is 0 Å². The van der Waals surface area contributed by atoms with Gasteiger partial charge < -0.3 is 15.4 Å². The predicted octanol–water partition coefficient (Wildman–Crippen LogP) is 2.41. The predicted molar refractivity (Wildman–Crippen MR) is 78.3 cm³/mol. The molecule has 0 spiro atoms. The molecule has 1 unspecified atom stereocenters. The van der Waals surface area contributed by atoms with Crippen LogP contribution in [-0.4, -0.2) is 31.7 Å². The van der Waals surface area contributed by atoms with Crippen molar-refractivity contribution in [3.8, 4) is 5.75 Å². The zero-order chi connectivity index (χ0) is 14.6. The lowest BCUT2D eigenvalue weighted by Crippen LogP contribution is -2.42. The van der Waals surface area contributed by atoms with Crippen LogP contribution < -0.4 is 15.4 Å². The number of ether oxygens (including phenoxy) is 1. The Morgan fingerprint density at radius 3 is 2.90 bits per heavy atom. The quantitative estimate of drug-likeness (QED) is 0.639. The molecule has 0 amide bonds. The van der Waals surface area contributed by atoms with Gasteiger partial charge in [0.2, 0.25) is 0 Å². The van der Waals surface area contributed by atoms with Crippen LogP contribution in [0.4, 0.5) is 11.4 Å². The van der Waals surface area contributed by atoms with E-state index in [0.717, 1.165) is 38.2 Å². The van der Waals surface area contributed by atoms with Gasteiger partial charge in [-0.1, -0.05) is 6.92 Å². The van der Waals surface area contributed by atoms with Gasteiger partial charge in [-0.05, 0) is 24.8 Å². The van der Waals surface area contributed by atoms with E-state index in [1.165, 1.54) is 13.2 Å². The summed E-state index contributed by atoms with van der Waals surface area (Å²) in [5, 5.41) is 17.6. The second-order valence-electron chi connectivity index (χ2n) is 5.62. The van der Waals surface area contributed by atoms with E-state index in [4.69, 9.17) is 4.74 Å². The van der Waals surface area contributed by atoms with E-state index >= 15 is 0 Å². The summed E-state index contributed by atoms with van der Waals surface area (Å²) in [4.78, 5) is 10.5. The van der Waals surface area contributed by atoms with Gasteiger partial charge in [-0.3, -0.25) is 10.1 Å². The number of nitrogens with zero attached hydrogens (tertiary/aromatic N) is 1. The molecule has 6 heteroatoms. The molecule has 0 radical (unpaired) electrons. The number of hydrogen-bond donors (Lipinski definition) is 2. The van der Waals surface area contributed by atoms with Crippen LogP contribution in [-0.2, 0) is 0 Å². The van der Waals surface area contributed by atoms with Crippen LogP contribution in [0, 0.1) is 15.5 Å². The summed E-state index contributed by atoms with van der Waals surface area (Å²) in [6.07, 6.45) is 2.31. The first-order valence-corrected chi connectivity index (χ1v) is 6.80. The molecule has 1 heterocycles. The van der Waals surface area contributed by atoms with Crippen molar-refractivity contribution in [3.63, 3.8) is 0 Å². The van der Waals surface area contributed by atoms with Crippen molar-refractivity contribution in [1.29, 1.82) is 0 Å². The lowest BCUT2D eigenvalue weighted by molar-refractivity contribution is -0.384. The van der Waals surface area contributed by atoms with Crippen molar-refractivity contribution in [2.75, 3.05) is 32.1 Å². The van der Waals surface area contributed by atoms with Gasteiger partial charge in [0.25, 0.3) is 5.69 Å². The molecule has 1 saturated heterocycles. The Bertz CT molecular complexity index is 485. The molecule has 2 N–H and O–H groups in total. The molecule has 0 aliphatic carbocycles. The second-order valence-corrected chi connectivity index (χ2v) is 5.62. The molecule has 2 rings (SSSR count). The Labute approximate surface area is 118 Å². The second kappa shape index (κ2) is 6.09. The third kappa shape index (κ3) is 3.60.